The standard InChI is InChI=1S/C14H15BrN2O3S/c1-20-13-5-3-2-4-10(13)9-17-21(18,19)14-8-11(15)6-7-12(14)16/h2-8,17H,9,16H2,1H3. The zero-order chi connectivity index (χ0) is 15.5. The Hall–Kier alpha value is -1.57. The highest BCUT2D eigenvalue weighted by molar-refractivity contribution is 9.10. The van der Waals surface area contributed by atoms with Crippen molar-refractivity contribution < 1.29 is 13.2 Å². The Bertz CT molecular complexity index is 748. The van der Waals surface area contributed by atoms with Gasteiger partial charge >= 0.3 is 0 Å². The van der Waals surface area contributed by atoms with Crippen molar-refractivity contribution in [1.29, 1.82) is 0 Å². The molecular formula is C14H15BrN2O3S. The second-order valence-electron chi connectivity index (χ2n) is 4.32. The van der Waals surface area contributed by atoms with Gasteiger partial charge < -0.3 is 10.5 Å². The summed E-state index contributed by atoms with van der Waals surface area (Å²) in [5, 5.41) is 0. The molecule has 0 unspecified atom stereocenters. The Morgan fingerprint density at radius 3 is 2.67 bits per heavy atom. The number of nitrogens with one attached hydrogen (secondary N) is 1. The van der Waals surface area contributed by atoms with E-state index in [0.29, 0.717) is 10.2 Å². The first-order valence-corrected chi connectivity index (χ1v) is 8.38. The minimum absolute atomic E-state index is 0.0479. The minimum atomic E-state index is -3.70. The molecule has 2 aromatic rings. The van der Waals surface area contributed by atoms with Gasteiger partial charge in [0, 0.05) is 16.6 Å². The first-order chi connectivity index (χ1) is 9.94. The highest BCUT2D eigenvalue weighted by Crippen LogP contribution is 2.24. The summed E-state index contributed by atoms with van der Waals surface area (Å²) >= 11 is 3.24. The van der Waals surface area contributed by atoms with Gasteiger partial charge in [0.05, 0.1) is 12.8 Å². The van der Waals surface area contributed by atoms with E-state index in [4.69, 9.17) is 10.5 Å². The number of benzene rings is 2. The number of methoxy groups -OCH3 is 1. The molecule has 0 aliphatic heterocycles. The molecule has 0 spiro atoms. The molecule has 0 fully saturated rings. The average molecular weight is 371 g/mol. The number of halogens is 1. The molecule has 0 aliphatic rings. The molecule has 5 nitrogen and oxygen atoms in total. The van der Waals surface area contributed by atoms with E-state index >= 15 is 0 Å². The normalized spacial score (nSPS) is 11.3. The van der Waals surface area contributed by atoms with Crippen LogP contribution in [-0.2, 0) is 16.6 Å². The molecule has 0 amide bonds. The van der Waals surface area contributed by atoms with Crippen LogP contribution in [0.15, 0.2) is 51.8 Å². The number of anilines is 1. The summed E-state index contributed by atoms with van der Waals surface area (Å²) in [6, 6.07) is 11.9. The van der Waals surface area contributed by atoms with Gasteiger partial charge in [0.25, 0.3) is 0 Å². The molecule has 0 aromatic heterocycles. The van der Waals surface area contributed by atoms with E-state index in [1.165, 1.54) is 6.07 Å². The van der Waals surface area contributed by atoms with Crippen LogP contribution < -0.4 is 15.2 Å². The number of nitrogens with two attached hydrogens (primary N) is 1. The van der Waals surface area contributed by atoms with Gasteiger partial charge in [-0.25, -0.2) is 13.1 Å². The Morgan fingerprint density at radius 2 is 1.95 bits per heavy atom. The molecule has 21 heavy (non-hydrogen) atoms. The third-order valence-corrected chi connectivity index (χ3v) is 4.86. The van der Waals surface area contributed by atoms with E-state index in [1.54, 1.807) is 31.4 Å². The van der Waals surface area contributed by atoms with Crippen LogP contribution >= 0.6 is 15.9 Å². The molecule has 0 saturated heterocycles. The number of para-hydroxylation sites is 1. The summed E-state index contributed by atoms with van der Waals surface area (Å²) in [6.07, 6.45) is 0. The van der Waals surface area contributed by atoms with Crippen molar-refractivity contribution in [2.45, 2.75) is 11.4 Å². The van der Waals surface area contributed by atoms with E-state index in [1.807, 2.05) is 12.1 Å². The SMILES string of the molecule is COc1ccccc1CNS(=O)(=O)c1cc(Br)ccc1N. The summed E-state index contributed by atoms with van der Waals surface area (Å²) in [6.45, 7) is 0.123. The van der Waals surface area contributed by atoms with Gasteiger partial charge in [-0.05, 0) is 24.3 Å². The van der Waals surface area contributed by atoms with Gasteiger partial charge in [-0.1, -0.05) is 34.1 Å². The molecule has 0 bridgehead atoms. The second-order valence-corrected chi connectivity index (χ2v) is 6.97. The third-order valence-electron chi connectivity index (χ3n) is 2.91. The van der Waals surface area contributed by atoms with Crippen molar-refractivity contribution in [3.63, 3.8) is 0 Å². The van der Waals surface area contributed by atoms with E-state index < -0.39 is 10.0 Å². The average Bonchev–Trinajstić information content (AvgIpc) is 2.48. The Labute approximate surface area is 132 Å². The highest BCUT2D eigenvalue weighted by atomic mass is 79.9. The molecule has 0 saturated carbocycles. The zero-order valence-corrected chi connectivity index (χ0v) is 13.7. The Kier molecular flexibility index (Phi) is 4.87. The fourth-order valence-corrected chi connectivity index (χ4v) is 3.51. The molecule has 7 heteroatoms. The fourth-order valence-electron chi connectivity index (χ4n) is 1.84. The van der Waals surface area contributed by atoms with Gasteiger partial charge in [-0.3, -0.25) is 0 Å². The molecule has 0 atom stereocenters. The topological polar surface area (TPSA) is 81.4 Å². The maximum absolute atomic E-state index is 12.3. The molecule has 0 aliphatic carbocycles. The van der Waals surface area contributed by atoms with Crippen LogP contribution in [-0.4, -0.2) is 15.5 Å². The van der Waals surface area contributed by atoms with Crippen molar-refractivity contribution in [3.05, 3.63) is 52.5 Å². The van der Waals surface area contributed by atoms with Crippen LogP contribution in [0.4, 0.5) is 5.69 Å². The monoisotopic (exact) mass is 370 g/mol. The lowest BCUT2D eigenvalue weighted by atomic mass is 10.2. The second kappa shape index (κ2) is 6.46. The van der Waals surface area contributed by atoms with E-state index in [2.05, 4.69) is 20.7 Å². The lowest BCUT2D eigenvalue weighted by molar-refractivity contribution is 0.409. The van der Waals surface area contributed by atoms with Crippen molar-refractivity contribution in [2.75, 3.05) is 12.8 Å². The van der Waals surface area contributed by atoms with Crippen molar-refractivity contribution in [3.8, 4) is 5.75 Å². The van der Waals surface area contributed by atoms with Crippen LogP contribution in [0, 0.1) is 0 Å². The van der Waals surface area contributed by atoms with E-state index in [9.17, 15) is 8.42 Å². The maximum atomic E-state index is 12.3. The zero-order valence-electron chi connectivity index (χ0n) is 11.3. The van der Waals surface area contributed by atoms with Crippen LogP contribution in [0.3, 0.4) is 0 Å². The number of nitrogen functional groups attached to an aromatic ring is 1. The predicted octanol–water partition coefficient (Wildman–Crippen LogP) is 2.52. The number of hydrogen-bond acceptors (Lipinski definition) is 4. The fraction of sp³-hybridized carbons (Fsp3) is 0.143. The Balaban J connectivity index is 2.24. The van der Waals surface area contributed by atoms with E-state index in [-0.39, 0.29) is 17.1 Å². The third kappa shape index (κ3) is 3.75. The molecule has 3 N–H and O–H groups in total. The van der Waals surface area contributed by atoms with Gasteiger partial charge in [0.15, 0.2) is 0 Å². The van der Waals surface area contributed by atoms with Gasteiger partial charge in [-0.2, -0.15) is 0 Å². The quantitative estimate of drug-likeness (QED) is 0.792. The van der Waals surface area contributed by atoms with Crippen molar-refractivity contribution in [2.24, 2.45) is 0 Å². The molecule has 2 rings (SSSR count). The van der Waals surface area contributed by atoms with Crippen molar-refractivity contribution in [1.82, 2.24) is 4.72 Å². The molecule has 0 heterocycles. The van der Waals surface area contributed by atoms with Gasteiger partial charge in [0.2, 0.25) is 10.0 Å². The summed E-state index contributed by atoms with van der Waals surface area (Å²) < 4.78 is 33.0. The van der Waals surface area contributed by atoms with Crippen LogP contribution in [0.1, 0.15) is 5.56 Å². The van der Waals surface area contributed by atoms with Crippen LogP contribution in [0.5, 0.6) is 5.75 Å². The molecule has 2 aromatic carbocycles. The largest absolute Gasteiger partial charge is 0.496 e. The summed E-state index contributed by atoms with van der Waals surface area (Å²) in [5.74, 6) is 0.627. The lowest BCUT2D eigenvalue weighted by Gasteiger charge is -2.11. The van der Waals surface area contributed by atoms with Crippen LogP contribution in [0.2, 0.25) is 0 Å². The first kappa shape index (κ1) is 15.8. The molecule has 112 valence electrons. The summed E-state index contributed by atoms with van der Waals surface area (Å²) in [5.41, 5.74) is 6.68. The van der Waals surface area contributed by atoms with Crippen molar-refractivity contribution >= 4 is 31.6 Å². The van der Waals surface area contributed by atoms with Crippen LogP contribution in [0.25, 0.3) is 0 Å². The lowest BCUT2D eigenvalue weighted by Crippen LogP contribution is -2.24. The summed E-state index contributed by atoms with van der Waals surface area (Å²) in [7, 11) is -2.16. The van der Waals surface area contributed by atoms with Gasteiger partial charge in [-0.15, -0.1) is 0 Å². The molecule has 0 radical (unpaired) electrons. The van der Waals surface area contributed by atoms with E-state index in [0.717, 1.165) is 5.56 Å². The number of hydrogen-bond donors (Lipinski definition) is 2. The maximum Gasteiger partial charge on any atom is 0.242 e. The minimum Gasteiger partial charge on any atom is -0.496 e. The summed E-state index contributed by atoms with van der Waals surface area (Å²) in [4.78, 5) is 0.0479. The number of sulfonamides is 1. The number of ether oxygens (including phenoxy) is 1. The smallest absolute Gasteiger partial charge is 0.242 e. The highest BCUT2D eigenvalue weighted by Gasteiger charge is 2.18. The Morgan fingerprint density at radius 1 is 1.24 bits per heavy atom. The molecular weight excluding hydrogens is 356 g/mol. The first-order valence-electron chi connectivity index (χ1n) is 6.10. The predicted molar refractivity (Wildman–Crippen MR) is 85.6 cm³/mol. The van der Waals surface area contributed by atoms with Gasteiger partial charge in [0.1, 0.15) is 10.6 Å². The number of rotatable bonds is 5.